The average molecular weight is 154 g/mol. The molecule has 1 heterocycles. The van der Waals surface area contributed by atoms with Crippen molar-refractivity contribution in [3.8, 4) is 0 Å². The van der Waals surface area contributed by atoms with Crippen LogP contribution in [-0.4, -0.2) is 48.8 Å². The van der Waals surface area contributed by atoms with E-state index in [0.717, 1.165) is 0 Å². The van der Waals surface area contributed by atoms with E-state index >= 15 is 0 Å². The smallest absolute Gasteiger partial charge is 1.00 e. The maximum absolute atomic E-state index is 9.97. The van der Waals surface area contributed by atoms with E-state index in [2.05, 4.69) is 4.42 Å². The summed E-state index contributed by atoms with van der Waals surface area (Å²) in [7, 11) is 0. The molecule has 0 bridgehead atoms. The van der Waals surface area contributed by atoms with Crippen molar-refractivity contribution in [2.24, 2.45) is 0 Å². The molecule has 0 fully saturated rings. The zero-order chi connectivity index (χ0) is 5.98. The van der Waals surface area contributed by atoms with Gasteiger partial charge in [-0.2, -0.15) is 0 Å². The first-order valence-electron chi connectivity index (χ1n) is 2.07. The van der Waals surface area contributed by atoms with Gasteiger partial charge in [-0.1, -0.05) is 0 Å². The number of carboxylic acid groups (broad SMARTS) is 1. The van der Waals surface area contributed by atoms with Gasteiger partial charge in [-0.05, 0) is 12.1 Å². The molecule has 1 rings (SSSR count). The third kappa shape index (κ3) is 2.39. The fourth-order valence-corrected chi connectivity index (χ4v) is 0.400. The summed E-state index contributed by atoms with van der Waals surface area (Å²) in [6, 6.07) is 2.92. The molecule has 0 aliphatic carbocycles. The van der Waals surface area contributed by atoms with Gasteiger partial charge in [0.15, 0.2) is 0 Å². The Morgan fingerprint density at radius 1 is 1.78 bits per heavy atom. The number of carbonyl (C=O) groups is 1. The predicted molar refractivity (Wildman–Crippen MR) is 33.6 cm³/mol. The van der Waals surface area contributed by atoms with E-state index in [1.807, 2.05) is 0 Å². The van der Waals surface area contributed by atoms with Gasteiger partial charge in [0.25, 0.3) is 0 Å². The standard InChI is InChI=1S/C5H4O3.Ca.2H/c6-5(7)4-2-1-3-8-4;;;/h1-3H,(H,6,7);;;/q;+2;2*-1. The van der Waals surface area contributed by atoms with E-state index < -0.39 is 5.97 Å². The topological polar surface area (TPSA) is 50.4 Å². The van der Waals surface area contributed by atoms with E-state index in [0.29, 0.717) is 0 Å². The maximum atomic E-state index is 9.97. The molecule has 1 aromatic rings. The Balaban J connectivity index is -0.000000213. The SMILES string of the molecule is O=C(O)c1ccco1.[Ca+2].[H-].[H-]. The number of hydrogen-bond acceptors (Lipinski definition) is 2. The molecule has 0 saturated heterocycles. The minimum atomic E-state index is -1.03. The monoisotopic (exact) mass is 154 g/mol. The van der Waals surface area contributed by atoms with Crippen LogP contribution in [0.4, 0.5) is 0 Å². The Hall–Kier alpha value is 0.00974. The molecule has 0 aliphatic heterocycles. The second-order valence-electron chi connectivity index (χ2n) is 1.28. The van der Waals surface area contributed by atoms with Crippen LogP contribution in [-0.2, 0) is 0 Å². The normalized spacial score (nSPS) is 8.00. The van der Waals surface area contributed by atoms with Gasteiger partial charge < -0.3 is 12.4 Å². The summed E-state index contributed by atoms with van der Waals surface area (Å²) >= 11 is 0. The van der Waals surface area contributed by atoms with E-state index in [9.17, 15) is 4.79 Å². The van der Waals surface area contributed by atoms with Gasteiger partial charge in [-0.15, -0.1) is 0 Å². The Bertz CT molecular complexity index is 188. The van der Waals surface area contributed by atoms with Crippen molar-refractivity contribution in [3.05, 3.63) is 24.2 Å². The van der Waals surface area contributed by atoms with Crippen LogP contribution in [0.25, 0.3) is 0 Å². The molecular weight excluding hydrogens is 148 g/mol. The quantitative estimate of drug-likeness (QED) is 0.609. The van der Waals surface area contributed by atoms with Gasteiger partial charge in [-0.3, -0.25) is 0 Å². The molecule has 46 valence electrons. The summed E-state index contributed by atoms with van der Waals surface area (Å²) in [4.78, 5) is 9.97. The number of furan rings is 1. The van der Waals surface area contributed by atoms with Crippen LogP contribution in [0.2, 0.25) is 0 Å². The van der Waals surface area contributed by atoms with Crippen LogP contribution < -0.4 is 0 Å². The number of carboxylic acids is 1. The number of rotatable bonds is 1. The van der Waals surface area contributed by atoms with Crippen LogP contribution in [0.5, 0.6) is 0 Å². The summed E-state index contributed by atoms with van der Waals surface area (Å²) in [6.07, 6.45) is 1.32. The van der Waals surface area contributed by atoms with Crippen molar-refractivity contribution in [1.29, 1.82) is 0 Å². The first kappa shape index (κ1) is 9.01. The molecule has 0 aliphatic rings. The van der Waals surface area contributed by atoms with Gasteiger partial charge in [0, 0.05) is 0 Å². The average Bonchev–Trinajstić information content (AvgIpc) is 2.12. The summed E-state index contributed by atoms with van der Waals surface area (Å²) in [5.41, 5.74) is 0. The fourth-order valence-electron chi connectivity index (χ4n) is 0.400. The van der Waals surface area contributed by atoms with Crippen LogP contribution >= 0.6 is 0 Å². The van der Waals surface area contributed by atoms with Crippen LogP contribution in [0.15, 0.2) is 22.8 Å². The molecule has 0 unspecified atom stereocenters. The molecule has 4 heteroatoms. The fraction of sp³-hybridized carbons (Fsp3) is 0. The Morgan fingerprint density at radius 3 is 2.67 bits per heavy atom. The third-order valence-electron chi connectivity index (χ3n) is 0.732. The van der Waals surface area contributed by atoms with E-state index in [-0.39, 0.29) is 46.4 Å². The molecular formula is C5H6CaO3. The number of aromatic carboxylic acids is 1. The summed E-state index contributed by atoms with van der Waals surface area (Å²) in [5.74, 6) is -1.06. The Kier molecular flexibility index (Phi) is 3.93. The van der Waals surface area contributed by atoms with Crippen molar-refractivity contribution in [3.63, 3.8) is 0 Å². The largest absolute Gasteiger partial charge is 2.00 e. The van der Waals surface area contributed by atoms with Gasteiger partial charge in [0.1, 0.15) is 0 Å². The van der Waals surface area contributed by atoms with Crippen molar-refractivity contribution in [2.75, 3.05) is 0 Å². The van der Waals surface area contributed by atoms with E-state index in [1.54, 1.807) is 0 Å². The Morgan fingerprint density at radius 2 is 2.44 bits per heavy atom. The molecule has 0 amide bonds. The summed E-state index contributed by atoms with van der Waals surface area (Å²) in [5, 5.41) is 8.18. The van der Waals surface area contributed by atoms with Gasteiger partial charge >= 0.3 is 43.7 Å². The van der Waals surface area contributed by atoms with Crippen molar-refractivity contribution >= 4 is 43.7 Å². The van der Waals surface area contributed by atoms with Gasteiger partial charge in [0.2, 0.25) is 5.76 Å². The molecule has 1 aromatic heterocycles. The number of hydrogen-bond donors (Lipinski definition) is 1. The Labute approximate surface area is 84.6 Å². The summed E-state index contributed by atoms with van der Waals surface area (Å²) in [6.45, 7) is 0. The second-order valence-corrected chi connectivity index (χ2v) is 1.28. The van der Waals surface area contributed by atoms with E-state index in [4.69, 9.17) is 5.11 Å². The maximum Gasteiger partial charge on any atom is 2.00 e. The molecule has 9 heavy (non-hydrogen) atoms. The van der Waals surface area contributed by atoms with E-state index in [1.165, 1.54) is 18.4 Å². The third-order valence-corrected chi connectivity index (χ3v) is 0.732. The zero-order valence-electron chi connectivity index (χ0n) is 6.70. The van der Waals surface area contributed by atoms with Crippen LogP contribution in [0.3, 0.4) is 0 Å². The van der Waals surface area contributed by atoms with Gasteiger partial charge in [-0.25, -0.2) is 4.79 Å². The first-order chi connectivity index (χ1) is 3.80. The first-order valence-corrected chi connectivity index (χ1v) is 2.07. The molecule has 0 atom stereocenters. The van der Waals surface area contributed by atoms with Crippen molar-refractivity contribution < 1.29 is 17.2 Å². The van der Waals surface area contributed by atoms with Crippen molar-refractivity contribution in [1.82, 2.24) is 0 Å². The molecule has 0 spiro atoms. The summed E-state index contributed by atoms with van der Waals surface area (Å²) < 4.78 is 4.50. The second kappa shape index (κ2) is 3.93. The minimum Gasteiger partial charge on any atom is -1.00 e. The molecule has 0 aromatic carbocycles. The molecule has 3 nitrogen and oxygen atoms in total. The van der Waals surface area contributed by atoms with Gasteiger partial charge in [0.05, 0.1) is 6.26 Å². The minimum absolute atomic E-state index is 0. The zero-order valence-corrected chi connectivity index (χ0v) is 6.91. The van der Waals surface area contributed by atoms with Crippen LogP contribution in [0, 0.1) is 0 Å². The van der Waals surface area contributed by atoms with Crippen LogP contribution in [0.1, 0.15) is 13.4 Å². The molecule has 0 radical (unpaired) electrons. The molecule has 0 saturated carbocycles. The molecule has 1 N–H and O–H groups in total. The van der Waals surface area contributed by atoms with Crippen molar-refractivity contribution in [2.45, 2.75) is 0 Å². The predicted octanol–water partition coefficient (Wildman–Crippen LogP) is 0.822.